The van der Waals surface area contributed by atoms with Crippen LogP contribution in [0.4, 0.5) is 0 Å². The summed E-state index contributed by atoms with van der Waals surface area (Å²) in [5.74, 6) is 0.916. The molecule has 0 amide bonds. The van der Waals surface area contributed by atoms with Crippen molar-refractivity contribution in [1.29, 1.82) is 0 Å². The number of aromatic nitrogens is 3. The highest BCUT2D eigenvalue weighted by atomic mass is 16.3. The molecule has 1 fully saturated rings. The van der Waals surface area contributed by atoms with Crippen LogP contribution in [-0.2, 0) is 6.54 Å². The molecule has 1 N–H and O–H groups in total. The SMILES string of the molecule is CN1CC(Cn2nnc3ccc(O)cc32)C1. The molecule has 1 saturated heterocycles. The minimum Gasteiger partial charge on any atom is -0.508 e. The first-order valence-corrected chi connectivity index (χ1v) is 5.43. The van der Waals surface area contributed by atoms with Crippen molar-refractivity contribution in [2.75, 3.05) is 20.1 Å². The average Bonchev–Trinajstić information content (AvgIpc) is 2.59. The van der Waals surface area contributed by atoms with Gasteiger partial charge in [-0.1, -0.05) is 5.21 Å². The van der Waals surface area contributed by atoms with E-state index in [1.165, 1.54) is 0 Å². The molecule has 16 heavy (non-hydrogen) atoms. The first-order valence-electron chi connectivity index (χ1n) is 5.43. The van der Waals surface area contributed by atoms with Gasteiger partial charge in [-0.15, -0.1) is 5.10 Å². The van der Waals surface area contributed by atoms with Gasteiger partial charge in [-0.2, -0.15) is 0 Å². The summed E-state index contributed by atoms with van der Waals surface area (Å²) >= 11 is 0. The number of phenolic OH excluding ortho intramolecular Hbond substituents is 1. The van der Waals surface area contributed by atoms with E-state index in [9.17, 15) is 5.11 Å². The molecule has 0 unspecified atom stereocenters. The Morgan fingerprint density at radius 2 is 2.25 bits per heavy atom. The number of nitrogens with zero attached hydrogens (tertiary/aromatic N) is 4. The van der Waals surface area contributed by atoms with E-state index < -0.39 is 0 Å². The number of hydrogen-bond acceptors (Lipinski definition) is 4. The van der Waals surface area contributed by atoms with Gasteiger partial charge in [0, 0.05) is 31.6 Å². The smallest absolute Gasteiger partial charge is 0.117 e. The molecule has 0 atom stereocenters. The van der Waals surface area contributed by atoms with Gasteiger partial charge in [-0.3, -0.25) is 0 Å². The standard InChI is InChI=1S/C11H14N4O/c1-14-5-8(6-14)7-15-11-4-9(16)2-3-10(11)12-13-15/h2-4,8,16H,5-7H2,1H3. The number of aromatic hydroxyl groups is 1. The predicted molar refractivity (Wildman–Crippen MR) is 60.2 cm³/mol. The Morgan fingerprint density at radius 3 is 3.00 bits per heavy atom. The van der Waals surface area contributed by atoms with Crippen molar-refractivity contribution in [3.63, 3.8) is 0 Å². The number of fused-ring (bicyclic) bond motifs is 1. The maximum atomic E-state index is 9.44. The van der Waals surface area contributed by atoms with Crippen molar-refractivity contribution in [2.45, 2.75) is 6.54 Å². The Kier molecular flexibility index (Phi) is 2.07. The number of phenols is 1. The lowest BCUT2D eigenvalue weighted by molar-refractivity contribution is 0.116. The fourth-order valence-electron chi connectivity index (χ4n) is 2.28. The first kappa shape index (κ1) is 9.59. The molecule has 1 aliphatic heterocycles. The molecule has 0 bridgehead atoms. The van der Waals surface area contributed by atoms with E-state index in [4.69, 9.17) is 0 Å². The fraction of sp³-hybridized carbons (Fsp3) is 0.455. The van der Waals surface area contributed by atoms with Crippen molar-refractivity contribution in [1.82, 2.24) is 19.9 Å². The minimum absolute atomic E-state index is 0.266. The topological polar surface area (TPSA) is 54.2 Å². The van der Waals surface area contributed by atoms with Crippen molar-refractivity contribution in [3.05, 3.63) is 18.2 Å². The Morgan fingerprint density at radius 1 is 1.44 bits per heavy atom. The third-order valence-electron chi connectivity index (χ3n) is 3.07. The van der Waals surface area contributed by atoms with Crippen molar-refractivity contribution in [3.8, 4) is 5.75 Å². The van der Waals surface area contributed by atoms with Crippen molar-refractivity contribution >= 4 is 11.0 Å². The van der Waals surface area contributed by atoms with Gasteiger partial charge in [0.25, 0.3) is 0 Å². The zero-order valence-corrected chi connectivity index (χ0v) is 9.17. The van der Waals surface area contributed by atoms with Crippen LogP contribution in [0.3, 0.4) is 0 Å². The molecule has 2 aromatic rings. The molecule has 1 aromatic carbocycles. The maximum absolute atomic E-state index is 9.44. The summed E-state index contributed by atoms with van der Waals surface area (Å²) in [5.41, 5.74) is 1.75. The number of likely N-dealkylation sites (tertiary alicyclic amines) is 1. The molecule has 84 valence electrons. The molecule has 3 rings (SSSR count). The molecule has 0 aliphatic carbocycles. The fourth-order valence-corrected chi connectivity index (χ4v) is 2.28. The van der Waals surface area contributed by atoms with Gasteiger partial charge in [-0.25, -0.2) is 4.68 Å². The largest absolute Gasteiger partial charge is 0.508 e. The van der Waals surface area contributed by atoms with Gasteiger partial charge >= 0.3 is 0 Å². The Bertz CT molecular complexity index is 516. The van der Waals surface area contributed by atoms with E-state index in [-0.39, 0.29) is 5.75 Å². The summed E-state index contributed by atoms with van der Waals surface area (Å²) in [6, 6.07) is 5.15. The van der Waals surface area contributed by atoms with Crippen LogP contribution in [0.25, 0.3) is 11.0 Å². The van der Waals surface area contributed by atoms with Crippen LogP contribution in [-0.4, -0.2) is 45.1 Å². The maximum Gasteiger partial charge on any atom is 0.117 e. The monoisotopic (exact) mass is 218 g/mol. The quantitative estimate of drug-likeness (QED) is 0.806. The second kappa shape index (κ2) is 3.45. The van der Waals surface area contributed by atoms with Crippen LogP contribution in [0.1, 0.15) is 0 Å². The van der Waals surface area contributed by atoms with E-state index in [0.29, 0.717) is 5.92 Å². The highest BCUT2D eigenvalue weighted by molar-refractivity contribution is 5.75. The zero-order valence-electron chi connectivity index (χ0n) is 9.17. The lowest BCUT2D eigenvalue weighted by Crippen LogP contribution is -2.45. The molecular weight excluding hydrogens is 204 g/mol. The van der Waals surface area contributed by atoms with E-state index in [0.717, 1.165) is 30.7 Å². The summed E-state index contributed by atoms with van der Waals surface area (Å²) < 4.78 is 1.88. The number of hydrogen-bond donors (Lipinski definition) is 1. The molecule has 0 saturated carbocycles. The van der Waals surface area contributed by atoms with Gasteiger partial charge in [0.15, 0.2) is 0 Å². The lowest BCUT2D eigenvalue weighted by Gasteiger charge is -2.35. The highest BCUT2D eigenvalue weighted by Crippen LogP contribution is 2.20. The highest BCUT2D eigenvalue weighted by Gasteiger charge is 2.24. The second-order valence-corrected chi connectivity index (χ2v) is 4.53. The van der Waals surface area contributed by atoms with E-state index >= 15 is 0 Å². The number of benzene rings is 1. The Balaban J connectivity index is 1.89. The third kappa shape index (κ3) is 1.53. The molecule has 1 aromatic heterocycles. The van der Waals surface area contributed by atoms with Gasteiger partial charge in [0.05, 0.1) is 5.52 Å². The Labute approximate surface area is 93.3 Å². The van der Waals surface area contributed by atoms with Crippen LogP contribution < -0.4 is 0 Å². The van der Waals surface area contributed by atoms with Gasteiger partial charge in [0.2, 0.25) is 0 Å². The van der Waals surface area contributed by atoms with Crippen LogP contribution in [0.5, 0.6) is 5.75 Å². The second-order valence-electron chi connectivity index (χ2n) is 4.53. The molecule has 1 aliphatic rings. The molecule has 5 nitrogen and oxygen atoms in total. The molecular formula is C11H14N4O. The predicted octanol–water partition coefficient (Wildman–Crippen LogP) is 0.698. The summed E-state index contributed by atoms with van der Waals surface area (Å²) in [4.78, 5) is 2.28. The van der Waals surface area contributed by atoms with Crippen LogP contribution >= 0.6 is 0 Å². The van der Waals surface area contributed by atoms with Crippen LogP contribution in [0.2, 0.25) is 0 Å². The number of rotatable bonds is 2. The minimum atomic E-state index is 0.266. The summed E-state index contributed by atoms with van der Waals surface area (Å²) in [5, 5.41) is 17.6. The summed E-state index contributed by atoms with van der Waals surface area (Å²) in [6.45, 7) is 3.10. The first-order chi connectivity index (χ1) is 7.72. The third-order valence-corrected chi connectivity index (χ3v) is 3.07. The van der Waals surface area contributed by atoms with Gasteiger partial charge < -0.3 is 10.0 Å². The van der Waals surface area contributed by atoms with Gasteiger partial charge in [0.1, 0.15) is 11.3 Å². The Hall–Kier alpha value is -1.62. The van der Waals surface area contributed by atoms with E-state index in [1.54, 1.807) is 18.2 Å². The van der Waals surface area contributed by atoms with Crippen LogP contribution in [0, 0.1) is 5.92 Å². The summed E-state index contributed by atoms with van der Waals surface area (Å²) in [7, 11) is 2.11. The lowest BCUT2D eigenvalue weighted by atomic mass is 10.0. The summed E-state index contributed by atoms with van der Waals surface area (Å²) in [6.07, 6.45) is 0. The van der Waals surface area contributed by atoms with E-state index in [2.05, 4.69) is 22.3 Å². The normalized spacial score (nSPS) is 17.8. The van der Waals surface area contributed by atoms with Crippen molar-refractivity contribution in [2.24, 2.45) is 5.92 Å². The molecule has 5 heteroatoms. The van der Waals surface area contributed by atoms with E-state index in [1.807, 2.05) is 4.68 Å². The average molecular weight is 218 g/mol. The zero-order chi connectivity index (χ0) is 11.1. The van der Waals surface area contributed by atoms with Crippen molar-refractivity contribution < 1.29 is 5.11 Å². The molecule has 0 spiro atoms. The van der Waals surface area contributed by atoms with Gasteiger partial charge in [-0.05, 0) is 19.2 Å². The van der Waals surface area contributed by atoms with Crippen LogP contribution in [0.15, 0.2) is 18.2 Å². The molecule has 2 heterocycles. The molecule has 0 radical (unpaired) electrons.